The second-order valence-electron chi connectivity index (χ2n) is 5.57. The molecule has 0 atom stereocenters. The Balaban J connectivity index is 1.49. The van der Waals surface area contributed by atoms with Crippen LogP contribution in [0, 0.1) is 5.92 Å². The molecule has 1 saturated carbocycles. The molecule has 1 aliphatic rings. The summed E-state index contributed by atoms with van der Waals surface area (Å²) in [6.07, 6.45) is 15.4. The van der Waals surface area contributed by atoms with Crippen molar-refractivity contribution < 1.29 is 0 Å². The van der Waals surface area contributed by atoms with Crippen LogP contribution in [-0.2, 0) is 6.42 Å². The molecular formula is C15H25N3S. The van der Waals surface area contributed by atoms with Gasteiger partial charge in [-0.25, -0.2) is 4.98 Å². The third-order valence-corrected chi connectivity index (χ3v) is 4.36. The molecular weight excluding hydrogens is 254 g/mol. The molecule has 1 heterocycles. The summed E-state index contributed by atoms with van der Waals surface area (Å²) in [5.74, 6) is 0.974. The first-order valence-electron chi connectivity index (χ1n) is 7.58. The van der Waals surface area contributed by atoms with Crippen LogP contribution in [0.2, 0.25) is 0 Å². The zero-order valence-corrected chi connectivity index (χ0v) is 12.5. The van der Waals surface area contributed by atoms with E-state index >= 15 is 0 Å². The van der Waals surface area contributed by atoms with Gasteiger partial charge in [0.25, 0.3) is 0 Å². The molecule has 1 fully saturated rings. The molecule has 0 aliphatic heterocycles. The SMILES string of the molecule is S=C(CCCC1CCCCC1)NCCc1cnc[nH]1. The number of hydrogen-bond donors (Lipinski definition) is 2. The van der Waals surface area contributed by atoms with Gasteiger partial charge in [-0.3, -0.25) is 0 Å². The second-order valence-corrected chi connectivity index (χ2v) is 6.07. The Labute approximate surface area is 121 Å². The van der Waals surface area contributed by atoms with Crippen LogP contribution in [0.3, 0.4) is 0 Å². The fourth-order valence-electron chi connectivity index (χ4n) is 2.87. The highest BCUT2D eigenvalue weighted by Crippen LogP contribution is 2.27. The van der Waals surface area contributed by atoms with Gasteiger partial charge in [-0.15, -0.1) is 0 Å². The van der Waals surface area contributed by atoms with Crippen molar-refractivity contribution in [2.24, 2.45) is 5.92 Å². The fourth-order valence-corrected chi connectivity index (χ4v) is 3.12. The molecule has 3 nitrogen and oxygen atoms in total. The molecule has 0 saturated heterocycles. The normalized spacial score (nSPS) is 16.4. The average Bonchev–Trinajstić information content (AvgIpc) is 2.93. The first-order valence-corrected chi connectivity index (χ1v) is 7.99. The first kappa shape index (κ1) is 14.5. The first-order chi connectivity index (χ1) is 9.34. The molecule has 1 aliphatic carbocycles. The Morgan fingerprint density at radius 2 is 2.21 bits per heavy atom. The van der Waals surface area contributed by atoms with Gasteiger partial charge in [0.1, 0.15) is 0 Å². The summed E-state index contributed by atoms with van der Waals surface area (Å²) in [7, 11) is 0. The molecule has 0 unspecified atom stereocenters. The highest BCUT2D eigenvalue weighted by atomic mass is 32.1. The fraction of sp³-hybridized carbons (Fsp3) is 0.733. The van der Waals surface area contributed by atoms with E-state index in [2.05, 4.69) is 15.3 Å². The monoisotopic (exact) mass is 279 g/mol. The summed E-state index contributed by atoms with van der Waals surface area (Å²) in [5, 5.41) is 3.34. The van der Waals surface area contributed by atoms with Crippen molar-refractivity contribution in [1.29, 1.82) is 0 Å². The molecule has 0 bridgehead atoms. The van der Waals surface area contributed by atoms with E-state index in [9.17, 15) is 0 Å². The molecule has 2 rings (SSSR count). The van der Waals surface area contributed by atoms with Crippen LogP contribution in [0.4, 0.5) is 0 Å². The molecule has 1 aromatic rings. The number of aromatic nitrogens is 2. The predicted octanol–water partition coefficient (Wildman–Crippen LogP) is 3.62. The number of rotatable bonds is 7. The number of hydrogen-bond acceptors (Lipinski definition) is 2. The van der Waals surface area contributed by atoms with E-state index in [1.165, 1.54) is 44.9 Å². The molecule has 0 amide bonds. The van der Waals surface area contributed by atoms with Crippen molar-refractivity contribution in [3.63, 3.8) is 0 Å². The maximum atomic E-state index is 5.38. The quantitative estimate of drug-likeness (QED) is 0.749. The lowest BCUT2D eigenvalue weighted by Crippen LogP contribution is -2.24. The van der Waals surface area contributed by atoms with Crippen LogP contribution >= 0.6 is 12.2 Å². The number of H-pyrrole nitrogens is 1. The molecule has 1 aromatic heterocycles. The van der Waals surface area contributed by atoms with E-state index in [4.69, 9.17) is 12.2 Å². The second kappa shape index (κ2) is 8.31. The summed E-state index contributed by atoms with van der Waals surface area (Å²) in [6.45, 7) is 0.907. The van der Waals surface area contributed by atoms with E-state index in [1.807, 2.05) is 6.20 Å². The Morgan fingerprint density at radius 3 is 2.95 bits per heavy atom. The maximum absolute atomic E-state index is 5.38. The largest absolute Gasteiger partial charge is 0.379 e. The average molecular weight is 279 g/mol. The summed E-state index contributed by atoms with van der Waals surface area (Å²) in [6, 6.07) is 0. The van der Waals surface area contributed by atoms with Gasteiger partial charge < -0.3 is 10.3 Å². The summed E-state index contributed by atoms with van der Waals surface area (Å²) < 4.78 is 0. The third kappa shape index (κ3) is 5.72. The maximum Gasteiger partial charge on any atom is 0.0921 e. The zero-order chi connectivity index (χ0) is 13.3. The van der Waals surface area contributed by atoms with Crippen LogP contribution in [0.1, 0.15) is 57.1 Å². The predicted molar refractivity (Wildman–Crippen MR) is 83.3 cm³/mol. The Bertz CT molecular complexity index is 355. The number of aromatic amines is 1. The minimum Gasteiger partial charge on any atom is -0.379 e. The minimum absolute atomic E-state index is 0.907. The highest BCUT2D eigenvalue weighted by molar-refractivity contribution is 7.80. The van der Waals surface area contributed by atoms with E-state index in [-0.39, 0.29) is 0 Å². The number of imidazole rings is 1. The summed E-state index contributed by atoms with van der Waals surface area (Å²) >= 11 is 5.38. The van der Waals surface area contributed by atoms with Gasteiger partial charge >= 0.3 is 0 Å². The number of thiocarbonyl (C=S) groups is 1. The van der Waals surface area contributed by atoms with E-state index < -0.39 is 0 Å². The van der Waals surface area contributed by atoms with Gasteiger partial charge in [0.15, 0.2) is 0 Å². The highest BCUT2D eigenvalue weighted by Gasteiger charge is 2.12. The van der Waals surface area contributed by atoms with Gasteiger partial charge in [0.2, 0.25) is 0 Å². The van der Waals surface area contributed by atoms with Crippen molar-refractivity contribution in [1.82, 2.24) is 15.3 Å². The van der Waals surface area contributed by atoms with Crippen LogP contribution in [-0.4, -0.2) is 21.5 Å². The molecule has 0 spiro atoms. The van der Waals surface area contributed by atoms with Gasteiger partial charge in [-0.05, 0) is 18.8 Å². The van der Waals surface area contributed by atoms with Crippen LogP contribution in [0.15, 0.2) is 12.5 Å². The minimum atomic E-state index is 0.907. The molecule has 19 heavy (non-hydrogen) atoms. The Morgan fingerprint density at radius 1 is 1.37 bits per heavy atom. The van der Waals surface area contributed by atoms with E-state index in [0.717, 1.165) is 36.0 Å². The topological polar surface area (TPSA) is 40.7 Å². The van der Waals surface area contributed by atoms with Crippen molar-refractivity contribution in [2.45, 2.75) is 57.8 Å². The van der Waals surface area contributed by atoms with E-state index in [0.29, 0.717) is 0 Å². The van der Waals surface area contributed by atoms with Crippen molar-refractivity contribution in [3.8, 4) is 0 Å². The lowest BCUT2D eigenvalue weighted by Gasteiger charge is -2.21. The van der Waals surface area contributed by atoms with Crippen molar-refractivity contribution in [3.05, 3.63) is 18.2 Å². The van der Waals surface area contributed by atoms with Gasteiger partial charge in [0, 0.05) is 24.9 Å². The number of nitrogens with one attached hydrogen (secondary N) is 2. The van der Waals surface area contributed by atoms with Crippen LogP contribution in [0.25, 0.3) is 0 Å². The lowest BCUT2D eigenvalue weighted by atomic mass is 9.86. The van der Waals surface area contributed by atoms with Crippen LogP contribution < -0.4 is 5.32 Å². The Kier molecular flexibility index (Phi) is 6.34. The van der Waals surface area contributed by atoms with Crippen LogP contribution in [0.5, 0.6) is 0 Å². The standard InChI is InChI=1S/C15H25N3S/c19-15(17-10-9-14-11-16-12-18-14)8-4-7-13-5-2-1-3-6-13/h11-13H,1-10H2,(H,16,18)(H,17,19). The van der Waals surface area contributed by atoms with Crippen molar-refractivity contribution in [2.75, 3.05) is 6.54 Å². The van der Waals surface area contributed by atoms with Gasteiger partial charge in [0.05, 0.1) is 11.3 Å². The van der Waals surface area contributed by atoms with E-state index in [1.54, 1.807) is 6.33 Å². The number of nitrogens with zero attached hydrogens (tertiary/aromatic N) is 1. The third-order valence-electron chi connectivity index (χ3n) is 4.01. The molecule has 0 aromatic carbocycles. The molecule has 4 heteroatoms. The lowest BCUT2D eigenvalue weighted by molar-refractivity contribution is 0.334. The molecule has 2 N–H and O–H groups in total. The zero-order valence-electron chi connectivity index (χ0n) is 11.7. The van der Waals surface area contributed by atoms with Gasteiger partial charge in [-0.1, -0.05) is 50.7 Å². The molecule has 0 radical (unpaired) electrons. The summed E-state index contributed by atoms with van der Waals surface area (Å²) in [4.78, 5) is 8.13. The van der Waals surface area contributed by atoms with Gasteiger partial charge in [-0.2, -0.15) is 0 Å². The molecule has 106 valence electrons. The Hall–Kier alpha value is -0.900. The smallest absolute Gasteiger partial charge is 0.0921 e. The summed E-state index contributed by atoms with van der Waals surface area (Å²) in [5.41, 5.74) is 1.16. The van der Waals surface area contributed by atoms with Crippen molar-refractivity contribution >= 4 is 17.2 Å².